The molecule has 1 aliphatic carbocycles. The van der Waals surface area contributed by atoms with Gasteiger partial charge in [0.05, 0.1) is 5.69 Å². The number of nitrogens with zero attached hydrogens (tertiary/aromatic N) is 2. The highest BCUT2D eigenvalue weighted by molar-refractivity contribution is 5.69. The first-order valence-electron chi connectivity index (χ1n) is 8.24. The normalized spacial score (nSPS) is 13.6. The number of benzene rings is 1. The Balaban J connectivity index is 1.44. The summed E-state index contributed by atoms with van der Waals surface area (Å²) >= 11 is 0. The first kappa shape index (κ1) is 15.4. The number of anilines is 4. The number of pyridine rings is 1. The van der Waals surface area contributed by atoms with Crippen LogP contribution in [-0.2, 0) is 6.54 Å². The summed E-state index contributed by atoms with van der Waals surface area (Å²) in [7, 11) is 0. The van der Waals surface area contributed by atoms with Gasteiger partial charge in [-0.2, -0.15) is 5.10 Å². The largest absolute Gasteiger partial charge is 0.396 e. The number of hydrogen-bond acceptors (Lipinski definition) is 5. The van der Waals surface area contributed by atoms with Crippen LogP contribution in [0, 0.1) is 5.82 Å². The number of hydrogen-bond donors (Lipinski definition) is 4. The van der Waals surface area contributed by atoms with E-state index in [0.717, 1.165) is 11.3 Å². The molecule has 0 amide bonds. The minimum absolute atomic E-state index is 0.245. The number of halogens is 1. The Hall–Kier alpha value is -3.09. The minimum atomic E-state index is -0.245. The van der Waals surface area contributed by atoms with Gasteiger partial charge >= 0.3 is 0 Å². The molecule has 6 nitrogen and oxygen atoms in total. The van der Waals surface area contributed by atoms with Gasteiger partial charge in [0.1, 0.15) is 11.6 Å². The quantitative estimate of drug-likeness (QED) is 0.549. The van der Waals surface area contributed by atoms with Crippen molar-refractivity contribution in [3.8, 4) is 0 Å². The molecule has 0 bridgehead atoms. The molecular weight excluding hydrogens is 319 g/mol. The minimum Gasteiger partial charge on any atom is -0.396 e. The number of aromatic amines is 1. The summed E-state index contributed by atoms with van der Waals surface area (Å²) in [6, 6.07) is 12.0. The Labute approximate surface area is 144 Å². The molecule has 25 heavy (non-hydrogen) atoms. The lowest BCUT2D eigenvalue weighted by Crippen LogP contribution is -2.05. The van der Waals surface area contributed by atoms with E-state index >= 15 is 0 Å². The van der Waals surface area contributed by atoms with E-state index in [1.54, 1.807) is 18.2 Å². The zero-order valence-corrected chi connectivity index (χ0v) is 13.6. The molecule has 1 aromatic carbocycles. The van der Waals surface area contributed by atoms with Crippen LogP contribution in [0.15, 0.2) is 42.5 Å². The molecule has 1 fully saturated rings. The van der Waals surface area contributed by atoms with Crippen LogP contribution in [0.3, 0.4) is 0 Å². The highest BCUT2D eigenvalue weighted by Crippen LogP contribution is 2.39. The van der Waals surface area contributed by atoms with Crippen LogP contribution in [0.4, 0.5) is 27.5 Å². The zero-order chi connectivity index (χ0) is 17.2. The molecule has 7 heteroatoms. The molecule has 0 saturated heterocycles. The Morgan fingerprint density at radius 1 is 1.12 bits per heavy atom. The number of nitrogens with two attached hydrogens (primary N) is 1. The molecule has 0 unspecified atom stereocenters. The third-order valence-corrected chi connectivity index (χ3v) is 4.17. The van der Waals surface area contributed by atoms with Gasteiger partial charge < -0.3 is 16.4 Å². The predicted octanol–water partition coefficient (Wildman–Crippen LogP) is 3.76. The standard InChI is InChI=1S/C18H19FN6/c19-13-5-1-11(2-6-13)10-21-16-8-7-14(20)18(22-16)23-17-9-15(24-25-17)12-3-4-12/h1-2,5-9,12H,3-4,10,20H2,(H3,21,22,23,24,25). The van der Waals surface area contributed by atoms with Gasteiger partial charge in [-0.15, -0.1) is 0 Å². The van der Waals surface area contributed by atoms with Crippen molar-refractivity contribution in [2.24, 2.45) is 0 Å². The molecule has 0 spiro atoms. The number of nitrogen functional groups attached to an aromatic ring is 1. The van der Waals surface area contributed by atoms with E-state index in [1.807, 2.05) is 12.1 Å². The van der Waals surface area contributed by atoms with E-state index in [0.29, 0.717) is 35.6 Å². The lowest BCUT2D eigenvalue weighted by Gasteiger charge is -2.10. The van der Waals surface area contributed by atoms with Crippen molar-refractivity contribution in [3.63, 3.8) is 0 Å². The summed E-state index contributed by atoms with van der Waals surface area (Å²) in [5, 5.41) is 13.7. The maximum atomic E-state index is 12.9. The second-order valence-corrected chi connectivity index (χ2v) is 6.22. The first-order chi connectivity index (χ1) is 12.2. The number of aromatic nitrogens is 3. The van der Waals surface area contributed by atoms with Gasteiger partial charge in [0.2, 0.25) is 0 Å². The molecular formula is C18H19FN6. The van der Waals surface area contributed by atoms with E-state index in [2.05, 4.69) is 25.8 Å². The van der Waals surface area contributed by atoms with Crippen molar-refractivity contribution in [3.05, 3.63) is 59.5 Å². The van der Waals surface area contributed by atoms with E-state index in [1.165, 1.54) is 25.0 Å². The monoisotopic (exact) mass is 338 g/mol. The summed E-state index contributed by atoms with van der Waals surface area (Å²) in [5.74, 6) is 2.30. The lowest BCUT2D eigenvalue weighted by atomic mass is 10.2. The Morgan fingerprint density at radius 3 is 2.68 bits per heavy atom. The number of nitrogens with one attached hydrogen (secondary N) is 3. The molecule has 0 aliphatic heterocycles. The average molecular weight is 338 g/mol. The second-order valence-electron chi connectivity index (χ2n) is 6.22. The fourth-order valence-electron chi connectivity index (χ4n) is 2.59. The maximum Gasteiger partial charge on any atom is 0.157 e. The summed E-state index contributed by atoms with van der Waals surface area (Å²) in [6.07, 6.45) is 2.43. The lowest BCUT2D eigenvalue weighted by molar-refractivity contribution is 0.627. The van der Waals surface area contributed by atoms with Crippen LogP contribution >= 0.6 is 0 Å². The smallest absolute Gasteiger partial charge is 0.157 e. The Bertz CT molecular complexity index is 870. The van der Waals surface area contributed by atoms with Crippen molar-refractivity contribution in [1.82, 2.24) is 15.2 Å². The van der Waals surface area contributed by atoms with Crippen LogP contribution in [0.2, 0.25) is 0 Å². The molecule has 0 atom stereocenters. The van der Waals surface area contributed by atoms with Crippen molar-refractivity contribution in [1.29, 1.82) is 0 Å². The molecule has 3 aromatic rings. The Morgan fingerprint density at radius 2 is 1.92 bits per heavy atom. The second kappa shape index (κ2) is 6.43. The van der Waals surface area contributed by atoms with Crippen LogP contribution in [-0.4, -0.2) is 15.2 Å². The van der Waals surface area contributed by atoms with Gasteiger partial charge in [-0.3, -0.25) is 5.10 Å². The molecule has 4 rings (SSSR count). The van der Waals surface area contributed by atoms with Gasteiger partial charge in [-0.1, -0.05) is 12.1 Å². The Kier molecular flexibility index (Phi) is 3.97. The van der Waals surface area contributed by atoms with Crippen LogP contribution < -0.4 is 16.4 Å². The fourth-order valence-corrected chi connectivity index (χ4v) is 2.59. The van der Waals surface area contributed by atoms with Gasteiger partial charge in [-0.25, -0.2) is 9.37 Å². The topological polar surface area (TPSA) is 91.6 Å². The SMILES string of the molecule is Nc1ccc(NCc2ccc(F)cc2)nc1Nc1cc(C2CC2)[nH]n1. The van der Waals surface area contributed by atoms with Crippen LogP contribution in [0.1, 0.15) is 30.0 Å². The highest BCUT2D eigenvalue weighted by Gasteiger charge is 2.25. The van der Waals surface area contributed by atoms with Crippen molar-refractivity contribution in [2.75, 3.05) is 16.4 Å². The molecule has 2 heterocycles. The summed E-state index contributed by atoms with van der Waals surface area (Å²) in [6.45, 7) is 0.546. The molecule has 1 saturated carbocycles. The number of H-pyrrole nitrogens is 1. The fraction of sp³-hybridized carbons (Fsp3) is 0.222. The van der Waals surface area contributed by atoms with Crippen molar-refractivity contribution < 1.29 is 4.39 Å². The molecule has 0 radical (unpaired) electrons. The average Bonchev–Trinajstić information content (AvgIpc) is 3.37. The van der Waals surface area contributed by atoms with Crippen molar-refractivity contribution in [2.45, 2.75) is 25.3 Å². The molecule has 2 aromatic heterocycles. The summed E-state index contributed by atoms with van der Waals surface area (Å²) < 4.78 is 12.9. The summed E-state index contributed by atoms with van der Waals surface area (Å²) in [4.78, 5) is 4.49. The maximum absolute atomic E-state index is 12.9. The van der Waals surface area contributed by atoms with Crippen molar-refractivity contribution >= 4 is 23.1 Å². The number of rotatable bonds is 6. The molecule has 1 aliphatic rings. The van der Waals surface area contributed by atoms with E-state index in [4.69, 9.17) is 5.73 Å². The molecule has 128 valence electrons. The predicted molar refractivity (Wildman–Crippen MR) is 96.2 cm³/mol. The van der Waals surface area contributed by atoms with Gasteiger partial charge in [0.25, 0.3) is 0 Å². The van der Waals surface area contributed by atoms with Gasteiger partial charge in [0, 0.05) is 24.2 Å². The van der Waals surface area contributed by atoms with Crippen LogP contribution in [0.5, 0.6) is 0 Å². The van der Waals surface area contributed by atoms with Gasteiger partial charge in [-0.05, 0) is 42.7 Å². The van der Waals surface area contributed by atoms with Gasteiger partial charge in [0.15, 0.2) is 11.6 Å². The van der Waals surface area contributed by atoms with E-state index in [9.17, 15) is 4.39 Å². The van der Waals surface area contributed by atoms with Crippen LogP contribution in [0.25, 0.3) is 0 Å². The zero-order valence-electron chi connectivity index (χ0n) is 13.6. The summed E-state index contributed by atoms with van der Waals surface area (Å²) in [5.41, 5.74) is 8.67. The third kappa shape index (κ3) is 3.71. The molecule has 5 N–H and O–H groups in total. The van der Waals surface area contributed by atoms with E-state index < -0.39 is 0 Å². The first-order valence-corrected chi connectivity index (χ1v) is 8.24. The highest BCUT2D eigenvalue weighted by atomic mass is 19.1. The third-order valence-electron chi connectivity index (χ3n) is 4.17. The van der Waals surface area contributed by atoms with E-state index in [-0.39, 0.29) is 5.82 Å².